The smallest absolute Gasteiger partial charge is 0.0627 e. The zero-order chi connectivity index (χ0) is 10.0. The van der Waals surface area contributed by atoms with Crippen molar-refractivity contribution in [2.45, 2.75) is 0 Å². The largest absolute Gasteiger partial charge is 0.396 e. The maximum Gasteiger partial charge on any atom is 0.0627 e. The molecule has 0 saturated heterocycles. The summed E-state index contributed by atoms with van der Waals surface area (Å²) in [7, 11) is 0. The van der Waals surface area contributed by atoms with Crippen LogP contribution in [0.5, 0.6) is 0 Å². The second-order valence-electron chi connectivity index (χ2n) is 2.23. The van der Waals surface area contributed by atoms with E-state index in [0.717, 1.165) is 0 Å². The van der Waals surface area contributed by atoms with Crippen molar-refractivity contribution in [2.75, 3.05) is 26.4 Å². The third kappa shape index (κ3) is 4.89. The van der Waals surface area contributed by atoms with Crippen LogP contribution in [-0.4, -0.2) is 46.9 Å². The number of hydrogen-bond acceptors (Lipinski definition) is 5. The first kappa shape index (κ1) is 13.7. The SMILES string of the molecule is OCC(CO)(CO)CO.[N-]=[N+]=N. The van der Waals surface area contributed by atoms with Gasteiger partial charge in [-0.15, -0.1) is 5.53 Å². The van der Waals surface area contributed by atoms with Gasteiger partial charge in [-0.3, -0.25) is 0 Å². The molecular weight excluding hydrogens is 166 g/mol. The van der Waals surface area contributed by atoms with Crippen molar-refractivity contribution in [3.05, 3.63) is 10.4 Å². The second kappa shape index (κ2) is 8.25. The Morgan fingerprint density at radius 3 is 1.17 bits per heavy atom. The minimum atomic E-state index is -1.11. The minimum absolute atomic E-state index is 0.406. The Hall–Kier alpha value is -0.850. The normalized spacial score (nSPS) is 9.67. The number of nitrogens with zero attached hydrogens (tertiary/aromatic N) is 2. The summed E-state index contributed by atoms with van der Waals surface area (Å²) >= 11 is 0. The third-order valence-corrected chi connectivity index (χ3v) is 1.34. The lowest BCUT2D eigenvalue weighted by molar-refractivity contribution is -0.0328. The maximum atomic E-state index is 8.50. The van der Waals surface area contributed by atoms with Crippen LogP contribution in [0.2, 0.25) is 0 Å². The van der Waals surface area contributed by atoms with Gasteiger partial charge in [-0.2, -0.15) is 0 Å². The highest BCUT2D eigenvalue weighted by atomic mass is 16.3. The van der Waals surface area contributed by atoms with Crippen molar-refractivity contribution in [2.24, 2.45) is 5.41 Å². The Labute approximate surface area is 69.3 Å². The molecule has 7 heteroatoms. The van der Waals surface area contributed by atoms with Crippen molar-refractivity contribution in [1.82, 2.24) is 0 Å². The fraction of sp³-hybridized carbons (Fsp3) is 1.00. The summed E-state index contributed by atoms with van der Waals surface area (Å²) in [6.45, 7) is -1.62. The highest BCUT2D eigenvalue weighted by molar-refractivity contribution is 4.74. The first-order valence-corrected chi connectivity index (χ1v) is 3.10. The molecule has 0 fully saturated rings. The van der Waals surface area contributed by atoms with Crippen LogP contribution >= 0.6 is 0 Å². The molecule has 0 heterocycles. The molecule has 7 nitrogen and oxygen atoms in total. The van der Waals surface area contributed by atoms with Gasteiger partial charge in [0.25, 0.3) is 0 Å². The number of rotatable bonds is 4. The van der Waals surface area contributed by atoms with E-state index in [1.807, 2.05) is 0 Å². The fourth-order valence-electron chi connectivity index (χ4n) is 0.300. The molecule has 0 aromatic heterocycles. The topological polar surface area (TPSA) is 141 Å². The van der Waals surface area contributed by atoms with E-state index in [-0.39, 0.29) is 0 Å². The van der Waals surface area contributed by atoms with Crippen molar-refractivity contribution in [1.29, 1.82) is 5.53 Å². The average molecular weight is 179 g/mol. The van der Waals surface area contributed by atoms with Gasteiger partial charge in [0.2, 0.25) is 0 Å². The molecule has 0 amide bonds. The van der Waals surface area contributed by atoms with E-state index in [9.17, 15) is 0 Å². The van der Waals surface area contributed by atoms with E-state index in [1.165, 1.54) is 0 Å². The summed E-state index contributed by atoms with van der Waals surface area (Å²) in [5.74, 6) is 0. The Kier molecular flexibility index (Phi) is 9.43. The van der Waals surface area contributed by atoms with E-state index in [4.69, 9.17) is 31.5 Å². The van der Waals surface area contributed by atoms with Crippen LogP contribution in [0, 0.1) is 10.9 Å². The van der Waals surface area contributed by atoms with Crippen LogP contribution in [0.3, 0.4) is 0 Å². The molecule has 0 aliphatic carbocycles. The maximum absolute atomic E-state index is 8.50. The summed E-state index contributed by atoms with van der Waals surface area (Å²) in [6.07, 6.45) is 0. The third-order valence-electron chi connectivity index (χ3n) is 1.34. The van der Waals surface area contributed by atoms with Gasteiger partial charge in [0.15, 0.2) is 0 Å². The molecule has 0 atom stereocenters. The lowest BCUT2D eigenvalue weighted by Crippen LogP contribution is -2.37. The summed E-state index contributed by atoms with van der Waals surface area (Å²) in [5.41, 5.74) is 11.1. The van der Waals surface area contributed by atoms with Crippen molar-refractivity contribution >= 4 is 0 Å². The molecule has 0 aliphatic heterocycles. The van der Waals surface area contributed by atoms with Crippen LogP contribution in [0.15, 0.2) is 0 Å². The van der Waals surface area contributed by atoms with E-state index < -0.39 is 31.8 Å². The van der Waals surface area contributed by atoms with E-state index >= 15 is 0 Å². The van der Waals surface area contributed by atoms with E-state index in [2.05, 4.69) is 0 Å². The average Bonchev–Trinajstić information content (AvgIpc) is 2.11. The Morgan fingerprint density at radius 2 is 1.17 bits per heavy atom. The van der Waals surface area contributed by atoms with Gasteiger partial charge in [-0.25, -0.2) is 0 Å². The van der Waals surface area contributed by atoms with E-state index in [1.54, 1.807) is 4.91 Å². The van der Waals surface area contributed by atoms with Gasteiger partial charge >= 0.3 is 0 Å². The molecular formula is C5H13N3O4. The Balaban J connectivity index is 0. The molecule has 72 valence electrons. The molecule has 0 rings (SSSR count). The van der Waals surface area contributed by atoms with Gasteiger partial charge in [0, 0.05) is 0 Å². The van der Waals surface area contributed by atoms with Gasteiger partial charge in [-0.05, 0) is 10.4 Å². The molecule has 0 aromatic rings. The van der Waals surface area contributed by atoms with Crippen LogP contribution in [-0.2, 0) is 0 Å². The summed E-state index contributed by atoms with van der Waals surface area (Å²) < 4.78 is 0. The van der Waals surface area contributed by atoms with Gasteiger partial charge in [0.1, 0.15) is 0 Å². The lowest BCUT2D eigenvalue weighted by atomic mass is 9.93. The molecule has 5 N–H and O–H groups in total. The van der Waals surface area contributed by atoms with Crippen LogP contribution in [0.1, 0.15) is 0 Å². The summed E-state index contributed by atoms with van der Waals surface area (Å²) in [4.78, 5) is 1.75. The number of nitrogens with one attached hydrogen (secondary N) is 1. The minimum Gasteiger partial charge on any atom is -0.396 e. The molecule has 12 heavy (non-hydrogen) atoms. The quantitative estimate of drug-likeness (QED) is 0.210. The highest BCUT2D eigenvalue weighted by Gasteiger charge is 2.26. The fourth-order valence-corrected chi connectivity index (χ4v) is 0.300. The van der Waals surface area contributed by atoms with E-state index in [0.29, 0.717) is 0 Å². The molecule has 0 spiro atoms. The van der Waals surface area contributed by atoms with Crippen LogP contribution < -0.4 is 0 Å². The first-order valence-electron chi connectivity index (χ1n) is 3.10. The number of hydrogen-bond donors (Lipinski definition) is 5. The zero-order valence-electron chi connectivity index (χ0n) is 6.51. The van der Waals surface area contributed by atoms with Crippen molar-refractivity contribution < 1.29 is 20.4 Å². The second-order valence-corrected chi connectivity index (χ2v) is 2.23. The number of aliphatic hydroxyl groups is 4. The monoisotopic (exact) mass is 179 g/mol. The van der Waals surface area contributed by atoms with Gasteiger partial charge in [0.05, 0.1) is 31.8 Å². The summed E-state index contributed by atoms with van der Waals surface area (Å²) in [6, 6.07) is 0. The molecule has 0 bridgehead atoms. The molecule has 0 radical (unpaired) electrons. The predicted molar refractivity (Wildman–Crippen MR) is 40.2 cm³/mol. The molecule has 0 aliphatic rings. The molecule has 0 saturated carbocycles. The lowest BCUT2D eigenvalue weighted by Gasteiger charge is -2.23. The summed E-state index contributed by atoms with van der Waals surface area (Å²) in [5, 5.41) is 34.0. The van der Waals surface area contributed by atoms with Crippen LogP contribution in [0.25, 0.3) is 10.4 Å². The first-order chi connectivity index (χ1) is 5.66. The van der Waals surface area contributed by atoms with Gasteiger partial charge < -0.3 is 20.4 Å². The predicted octanol–water partition coefficient (Wildman–Crippen LogP) is -1.18. The number of aliphatic hydroxyl groups excluding tert-OH is 4. The van der Waals surface area contributed by atoms with Gasteiger partial charge in [-0.1, -0.05) is 0 Å². The highest BCUT2D eigenvalue weighted by Crippen LogP contribution is 2.11. The molecule has 0 unspecified atom stereocenters. The molecule has 0 aromatic carbocycles. The van der Waals surface area contributed by atoms with Crippen molar-refractivity contribution in [3.8, 4) is 0 Å². The van der Waals surface area contributed by atoms with Crippen LogP contribution in [0.4, 0.5) is 0 Å². The Bertz CT molecular complexity index is 113. The Morgan fingerprint density at radius 1 is 1.00 bits per heavy atom. The van der Waals surface area contributed by atoms with Crippen molar-refractivity contribution in [3.63, 3.8) is 0 Å². The zero-order valence-corrected chi connectivity index (χ0v) is 6.51. The standard InChI is InChI=1S/C5H12O4.HN3/c6-1-5(2-7,3-8)4-9;1-3-2/h6-9H,1-4H2;1H.